The van der Waals surface area contributed by atoms with Gasteiger partial charge in [-0.15, -0.1) is 0 Å². The third kappa shape index (κ3) is 7.70. The summed E-state index contributed by atoms with van der Waals surface area (Å²) in [5.74, 6) is 0. The van der Waals surface area contributed by atoms with Gasteiger partial charge in [0, 0.05) is 0 Å². The molecule has 1 radical (unpaired) electrons. The first-order valence-corrected chi connectivity index (χ1v) is 6.80. The van der Waals surface area contributed by atoms with Crippen LogP contribution in [0.2, 0.25) is 0 Å². The van der Waals surface area contributed by atoms with E-state index in [4.69, 9.17) is 14.4 Å². The Morgan fingerprint density at radius 3 is 2.74 bits per heavy atom. The van der Waals surface area contributed by atoms with Gasteiger partial charge >= 0.3 is 7.69 Å². The summed E-state index contributed by atoms with van der Waals surface area (Å²) < 4.78 is 10.6. The lowest BCUT2D eigenvalue weighted by molar-refractivity contribution is 0.0637. The van der Waals surface area contributed by atoms with Gasteiger partial charge in [-0.25, -0.2) is 0 Å². The van der Waals surface area contributed by atoms with E-state index in [0.717, 1.165) is 18.4 Å². The van der Waals surface area contributed by atoms with Crippen molar-refractivity contribution >= 4 is 7.69 Å². The van der Waals surface area contributed by atoms with Gasteiger partial charge in [0.05, 0.1) is 19.0 Å². The number of unbranched alkanes of at least 4 members (excludes halogenated alkanes) is 2. The maximum atomic E-state index is 8.46. The van der Waals surface area contributed by atoms with Gasteiger partial charge in [0.25, 0.3) is 0 Å². The standard InChI is InChI=1S/C15H22BO3/c1-2-3-5-10-15(11-12-19-16-17)18-13-14-8-6-4-7-9-14/h4,6-9,11-12,15,17H,2-3,5,10,13H2,1H3/b12-11+. The van der Waals surface area contributed by atoms with Crippen molar-refractivity contribution in [2.45, 2.75) is 45.3 Å². The summed E-state index contributed by atoms with van der Waals surface area (Å²) in [6.45, 7) is 2.77. The molecular weight excluding hydrogens is 239 g/mol. The Morgan fingerprint density at radius 1 is 1.26 bits per heavy atom. The Bertz CT molecular complexity index is 341. The largest absolute Gasteiger partial charge is 0.568 e. The van der Waals surface area contributed by atoms with Gasteiger partial charge in [-0.3, -0.25) is 0 Å². The molecule has 1 aromatic rings. The molecule has 3 nitrogen and oxygen atoms in total. The molecule has 0 aliphatic carbocycles. The lowest BCUT2D eigenvalue weighted by Gasteiger charge is -2.14. The van der Waals surface area contributed by atoms with Crippen molar-refractivity contribution in [3.8, 4) is 0 Å². The van der Waals surface area contributed by atoms with Gasteiger partial charge in [-0.2, -0.15) is 0 Å². The molecule has 19 heavy (non-hydrogen) atoms. The second kappa shape index (κ2) is 10.6. The van der Waals surface area contributed by atoms with Gasteiger partial charge in [0.2, 0.25) is 0 Å². The third-order valence-electron chi connectivity index (χ3n) is 2.83. The number of benzene rings is 1. The van der Waals surface area contributed by atoms with Crippen molar-refractivity contribution in [2.75, 3.05) is 0 Å². The molecule has 0 saturated carbocycles. The van der Waals surface area contributed by atoms with Crippen molar-refractivity contribution in [3.05, 3.63) is 48.2 Å². The SMILES string of the molecule is CCCCCC(/C=C/O[B]O)OCc1ccccc1. The zero-order valence-electron chi connectivity index (χ0n) is 11.5. The van der Waals surface area contributed by atoms with E-state index in [1.54, 1.807) is 0 Å². The van der Waals surface area contributed by atoms with Crippen molar-refractivity contribution in [3.63, 3.8) is 0 Å². The van der Waals surface area contributed by atoms with Crippen LogP contribution in [0, 0.1) is 0 Å². The first kappa shape index (κ1) is 15.8. The predicted molar refractivity (Wildman–Crippen MR) is 77.4 cm³/mol. The van der Waals surface area contributed by atoms with E-state index in [-0.39, 0.29) is 6.10 Å². The van der Waals surface area contributed by atoms with Gasteiger partial charge in [0.15, 0.2) is 0 Å². The summed E-state index contributed by atoms with van der Waals surface area (Å²) in [5, 5.41) is 8.46. The monoisotopic (exact) mass is 261 g/mol. The molecule has 1 aromatic carbocycles. The molecule has 0 aliphatic heterocycles. The van der Waals surface area contributed by atoms with Crippen LogP contribution in [-0.2, 0) is 16.0 Å². The van der Waals surface area contributed by atoms with Gasteiger partial charge in [0.1, 0.15) is 0 Å². The van der Waals surface area contributed by atoms with E-state index in [2.05, 4.69) is 6.92 Å². The summed E-state index contributed by atoms with van der Waals surface area (Å²) in [7, 11) is 0.663. The molecule has 1 rings (SSSR count). The van der Waals surface area contributed by atoms with Crippen LogP contribution in [0.25, 0.3) is 0 Å². The summed E-state index contributed by atoms with van der Waals surface area (Å²) >= 11 is 0. The lowest BCUT2D eigenvalue weighted by Crippen LogP contribution is -2.10. The molecule has 0 aromatic heterocycles. The Morgan fingerprint density at radius 2 is 2.05 bits per heavy atom. The van der Waals surface area contributed by atoms with E-state index < -0.39 is 0 Å². The average Bonchev–Trinajstić information content (AvgIpc) is 2.45. The molecule has 0 aliphatic rings. The van der Waals surface area contributed by atoms with Crippen molar-refractivity contribution < 1.29 is 14.4 Å². The smallest absolute Gasteiger partial charge is 0.543 e. The van der Waals surface area contributed by atoms with Crippen LogP contribution >= 0.6 is 0 Å². The molecule has 4 heteroatoms. The predicted octanol–water partition coefficient (Wildman–Crippen LogP) is 3.21. The number of hydrogen-bond donors (Lipinski definition) is 1. The highest BCUT2D eigenvalue weighted by Gasteiger charge is 2.05. The minimum absolute atomic E-state index is 0.0201. The molecule has 1 N–H and O–H groups in total. The molecule has 103 valence electrons. The van der Waals surface area contributed by atoms with Crippen LogP contribution in [0.1, 0.15) is 38.2 Å². The Labute approximate surface area is 116 Å². The highest BCUT2D eigenvalue weighted by Crippen LogP contribution is 2.11. The summed E-state index contributed by atoms with van der Waals surface area (Å²) in [4.78, 5) is 0. The molecular formula is C15H22BO3. The Balaban J connectivity index is 2.38. The molecule has 0 bridgehead atoms. The van der Waals surface area contributed by atoms with Crippen LogP contribution in [0.15, 0.2) is 42.7 Å². The van der Waals surface area contributed by atoms with Crippen LogP contribution < -0.4 is 0 Å². The van der Waals surface area contributed by atoms with Crippen LogP contribution in [0.4, 0.5) is 0 Å². The molecule has 1 atom stereocenters. The van der Waals surface area contributed by atoms with E-state index in [1.165, 1.54) is 19.1 Å². The fourth-order valence-corrected chi connectivity index (χ4v) is 1.78. The lowest BCUT2D eigenvalue weighted by atomic mass is 10.1. The summed E-state index contributed by atoms with van der Waals surface area (Å²) in [5.41, 5.74) is 1.16. The summed E-state index contributed by atoms with van der Waals surface area (Å²) in [6, 6.07) is 10.1. The van der Waals surface area contributed by atoms with Crippen molar-refractivity contribution in [1.82, 2.24) is 0 Å². The minimum atomic E-state index is 0.0201. The van der Waals surface area contributed by atoms with Gasteiger partial charge in [-0.05, 0) is 18.1 Å². The van der Waals surface area contributed by atoms with Crippen molar-refractivity contribution in [2.24, 2.45) is 0 Å². The first-order valence-electron chi connectivity index (χ1n) is 6.80. The van der Waals surface area contributed by atoms with Gasteiger partial charge < -0.3 is 14.4 Å². The zero-order valence-corrected chi connectivity index (χ0v) is 11.5. The summed E-state index contributed by atoms with van der Waals surface area (Å²) in [6.07, 6.45) is 7.80. The van der Waals surface area contributed by atoms with Crippen LogP contribution in [-0.4, -0.2) is 18.8 Å². The number of rotatable bonds is 10. The normalized spacial score (nSPS) is 12.5. The van der Waals surface area contributed by atoms with E-state index in [0.29, 0.717) is 14.3 Å². The number of hydrogen-bond acceptors (Lipinski definition) is 3. The first-order chi connectivity index (χ1) is 9.36. The van der Waals surface area contributed by atoms with Crippen LogP contribution in [0.3, 0.4) is 0 Å². The molecule has 0 saturated heterocycles. The topological polar surface area (TPSA) is 38.7 Å². The second-order valence-electron chi connectivity index (χ2n) is 4.40. The number of ether oxygens (including phenoxy) is 1. The maximum Gasteiger partial charge on any atom is 0.568 e. The average molecular weight is 261 g/mol. The van der Waals surface area contributed by atoms with Crippen molar-refractivity contribution in [1.29, 1.82) is 0 Å². The highest BCUT2D eigenvalue weighted by atomic mass is 16.5. The van der Waals surface area contributed by atoms with E-state index in [9.17, 15) is 0 Å². The zero-order chi connectivity index (χ0) is 13.8. The highest BCUT2D eigenvalue weighted by molar-refractivity contribution is 6.16. The Kier molecular flexibility index (Phi) is 8.86. The molecule has 0 amide bonds. The van der Waals surface area contributed by atoms with E-state index in [1.807, 2.05) is 36.4 Å². The second-order valence-corrected chi connectivity index (χ2v) is 4.40. The van der Waals surface area contributed by atoms with E-state index >= 15 is 0 Å². The maximum absolute atomic E-state index is 8.46. The minimum Gasteiger partial charge on any atom is -0.543 e. The van der Waals surface area contributed by atoms with Crippen LogP contribution in [0.5, 0.6) is 0 Å². The molecule has 0 fully saturated rings. The molecule has 0 spiro atoms. The fourth-order valence-electron chi connectivity index (χ4n) is 1.78. The quantitative estimate of drug-likeness (QED) is 0.399. The van der Waals surface area contributed by atoms with Gasteiger partial charge in [-0.1, -0.05) is 56.5 Å². The Hall–Kier alpha value is -1.26. The fraction of sp³-hybridized carbons (Fsp3) is 0.467. The molecule has 0 heterocycles. The molecule has 1 unspecified atom stereocenters. The third-order valence-corrected chi connectivity index (χ3v) is 2.83.